The van der Waals surface area contributed by atoms with E-state index in [1.54, 1.807) is 22.3 Å². The summed E-state index contributed by atoms with van der Waals surface area (Å²) in [5, 5.41) is 11.4. The third-order valence-corrected chi connectivity index (χ3v) is 7.69. The maximum atomic E-state index is 13.2. The molecule has 2 saturated heterocycles. The van der Waals surface area contributed by atoms with E-state index < -0.39 is 24.6 Å². The molecule has 30 heavy (non-hydrogen) atoms. The third kappa shape index (κ3) is 4.22. The van der Waals surface area contributed by atoms with Gasteiger partial charge in [0.15, 0.2) is 0 Å². The van der Waals surface area contributed by atoms with Crippen molar-refractivity contribution in [3.8, 4) is 11.5 Å². The first kappa shape index (κ1) is 20.5. The van der Waals surface area contributed by atoms with Gasteiger partial charge in [-0.15, -0.1) is 0 Å². The number of primary amides is 1. The van der Waals surface area contributed by atoms with Crippen molar-refractivity contribution >= 4 is 19.3 Å². The van der Waals surface area contributed by atoms with E-state index in [0.29, 0.717) is 16.9 Å². The molecule has 1 amide bonds. The number of nitrogens with zero attached hydrogens (tertiary/aromatic N) is 3. The van der Waals surface area contributed by atoms with Gasteiger partial charge in [0.05, 0.1) is 11.0 Å². The van der Waals surface area contributed by atoms with Gasteiger partial charge in [-0.05, 0) is 48.9 Å². The van der Waals surface area contributed by atoms with E-state index in [1.165, 1.54) is 36.4 Å². The Hall–Kier alpha value is -2.78. The number of hydrogen-bond donors (Lipinski definition) is 1. The Balaban J connectivity index is 1.58. The number of benzene rings is 2. The summed E-state index contributed by atoms with van der Waals surface area (Å²) in [6.45, 7) is 4.69. The molecule has 1 atom stereocenters. The molecular formula is C19H21N4O6P. The zero-order chi connectivity index (χ0) is 21.5. The molecule has 10 nitrogen and oxygen atoms in total. The zero-order valence-corrected chi connectivity index (χ0v) is 17.2. The van der Waals surface area contributed by atoms with Crippen LogP contribution in [0, 0.1) is 10.1 Å². The van der Waals surface area contributed by atoms with Crippen molar-refractivity contribution in [1.82, 2.24) is 9.34 Å². The van der Waals surface area contributed by atoms with Crippen LogP contribution in [0.15, 0.2) is 42.5 Å². The molecule has 2 fully saturated rings. The normalized spacial score (nSPS) is 17.4. The maximum Gasteiger partial charge on any atom is 0.346 e. The monoisotopic (exact) mass is 432 g/mol. The van der Waals surface area contributed by atoms with E-state index in [-0.39, 0.29) is 11.4 Å². The second-order valence-corrected chi connectivity index (χ2v) is 9.44. The summed E-state index contributed by atoms with van der Waals surface area (Å²) in [6.07, 6.45) is -0.558. The topological polar surface area (TPSA) is 128 Å². The van der Waals surface area contributed by atoms with Crippen LogP contribution < -0.4 is 10.5 Å². The van der Waals surface area contributed by atoms with Crippen molar-refractivity contribution in [3.63, 3.8) is 0 Å². The lowest BCUT2D eigenvalue weighted by Gasteiger charge is -2.24. The van der Waals surface area contributed by atoms with E-state index in [1.807, 2.05) is 0 Å². The minimum absolute atomic E-state index is 0.0214. The van der Waals surface area contributed by atoms with Gasteiger partial charge in [0, 0.05) is 37.8 Å². The second kappa shape index (κ2) is 7.81. The Morgan fingerprint density at radius 1 is 1.13 bits per heavy atom. The molecule has 0 radical (unpaired) electrons. The Labute approximate surface area is 172 Å². The quantitative estimate of drug-likeness (QED) is 0.277. The standard InChI is InChI=1S/C19H21N4O6P/c1-13(29-30(27,21-8-9-21)22-10-11-22)15-4-7-17(23(25)26)18(12-15)28-16-5-2-14(3-6-16)19(20)24/h2-7,12-13H,8-11H2,1H3,(H2,20,24). The van der Waals surface area contributed by atoms with Gasteiger partial charge in [0.1, 0.15) is 5.75 Å². The Morgan fingerprint density at radius 3 is 2.23 bits per heavy atom. The minimum Gasteiger partial charge on any atom is -0.450 e. The molecule has 2 aliphatic heterocycles. The van der Waals surface area contributed by atoms with Crippen molar-refractivity contribution in [2.75, 3.05) is 26.2 Å². The predicted molar refractivity (Wildman–Crippen MR) is 108 cm³/mol. The van der Waals surface area contributed by atoms with Crippen LogP contribution in [-0.4, -0.2) is 46.4 Å². The van der Waals surface area contributed by atoms with Crippen LogP contribution in [0.3, 0.4) is 0 Å². The van der Waals surface area contributed by atoms with Crippen molar-refractivity contribution in [2.24, 2.45) is 5.73 Å². The number of ether oxygens (including phenoxy) is 1. The highest BCUT2D eigenvalue weighted by Crippen LogP contribution is 2.63. The summed E-state index contributed by atoms with van der Waals surface area (Å²) in [5.74, 6) is -0.247. The smallest absolute Gasteiger partial charge is 0.346 e. The van der Waals surface area contributed by atoms with Crippen LogP contribution in [0.4, 0.5) is 5.69 Å². The van der Waals surface area contributed by atoms with Crippen LogP contribution in [0.1, 0.15) is 28.9 Å². The lowest BCUT2D eigenvalue weighted by Crippen LogP contribution is -2.11. The number of hydrogen-bond acceptors (Lipinski definition) is 6. The largest absolute Gasteiger partial charge is 0.450 e. The van der Waals surface area contributed by atoms with Crippen molar-refractivity contribution in [2.45, 2.75) is 13.0 Å². The molecule has 2 N–H and O–H groups in total. The van der Waals surface area contributed by atoms with Crippen LogP contribution in [0.25, 0.3) is 0 Å². The number of nitro benzene ring substituents is 1. The summed E-state index contributed by atoms with van der Waals surface area (Å²) in [7, 11) is -3.04. The molecule has 1 unspecified atom stereocenters. The Morgan fingerprint density at radius 2 is 1.73 bits per heavy atom. The highest BCUT2D eigenvalue weighted by Gasteiger charge is 2.50. The summed E-state index contributed by atoms with van der Waals surface area (Å²) < 4.78 is 28.5. The van der Waals surface area contributed by atoms with E-state index in [9.17, 15) is 19.5 Å². The van der Waals surface area contributed by atoms with E-state index in [2.05, 4.69) is 0 Å². The van der Waals surface area contributed by atoms with Crippen molar-refractivity contribution in [1.29, 1.82) is 0 Å². The number of nitro groups is 1. The fourth-order valence-electron chi connectivity index (χ4n) is 3.00. The number of amides is 1. The van der Waals surface area contributed by atoms with Gasteiger partial charge >= 0.3 is 13.4 Å². The molecule has 2 aliphatic rings. The molecular weight excluding hydrogens is 411 g/mol. The molecule has 158 valence electrons. The Bertz CT molecular complexity index is 1020. The maximum absolute atomic E-state index is 13.2. The molecule has 2 aromatic carbocycles. The summed E-state index contributed by atoms with van der Waals surface area (Å²) in [5.41, 5.74) is 5.91. The van der Waals surface area contributed by atoms with Gasteiger partial charge in [-0.2, -0.15) is 0 Å². The average molecular weight is 432 g/mol. The van der Waals surface area contributed by atoms with Crippen molar-refractivity contribution < 1.29 is 23.5 Å². The van der Waals surface area contributed by atoms with Crippen LogP contribution in [0.5, 0.6) is 11.5 Å². The molecule has 2 heterocycles. The first-order valence-electron chi connectivity index (χ1n) is 9.43. The average Bonchev–Trinajstić information content (AvgIpc) is 3.59. The molecule has 0 aromatic heterocycles. The van der Waals surface area contributed by atoms with Gasteiger partial charge in [-0.1, -0.05) is 0 Å². The van der Waals surface area contributed by atoms with E-state index in [4.69, 9.17) is 15.0 Å². The first-order valence-corrected chi connectivity index (χ1v) is 11.0. The molecule has 4 rings (SSSR count). The third-order valence-electron chi connectivity index (χ3n) is 4.87. The second-order valence-electron chi connectivity index (χ2n) is 7.12. The highest BCUT2D eigenvalue weighted by atomic mass is 31.2. The summed E-state index contributed by atoms with van der Waals surface area (Å²) in [4.78, 5) is 22.1. The fourth-order valence-corrected chi connectivity index (χ4v) is 5.35. The number of nitrogens with two attached hydrogens (primary N) is 1. The zero-order valence-electron chi connectivity index (χ0n) is 16.3. The molecule has 0 bridgehead atoms. The number of carbonyl (C=O) groups is 1. The van der Waals surface area contributed by atoms with Gasteiger partial charge in [-0.25, -0.2) is 9.34 Å². The van der Waals surface area contributed by atoms with Gasteiger partial charge in [-0.3, -0.25) is 24.0 Å². The molecule has 0 saturated carbocycles. The number of carbonyl (C=O) groups excluding carboxylic acids is 1. The lowest BCUT2D eigenvalue weighted by atomic mass is 10.1. The fraction of sp³-hybridized carbons (Fsp3) is 0.316. The van der Waals surface area contributed by atoms with E-state index in [0.717, 1.165) is 26.2 Å². The molecule has 2 aromatic rings. The minimum atomic E-state index is -3.04. The first-order chi connectivity index (χ1) is 14.3. The Kier molecular flexibility index (Phi) is 5.33. The SMILES string of the molecule is CC(OP(=O)(N1CC1)N1CC1)c1ccc([N+](=O)[O-])c(Oc2ccc(C(N)=O)cc2)c1. The van der Waals surface area contributed by atoms with Gasteiger partial charge < -0.3 is 10.5 Å². The molecule has 11 heteroatoms. The molecule has 0 aliphatic carbocycles. The van der Waals surface area contributed by atoms with Crippen molar-refractivity contribution in [3.05, 3.63) is 63.7 Å². The van der Waals surface area contributed by atoms with Gasteiger partial charge in [0.2, 0.25) is 11.7 Å². The number of rotatable bonds is 9. The van der Waals surface area contributed by atoms with Crippen LogP contribution in [0.2, 0.25) is 0 Å². The van der Waals surface area contributed by atoms with E-state index >= 15 is 0 Å². The summed E-state index contributed by atoms with van der Waals surface area (Å²) in [6, 6.07) is 10.4. The van der Waals surface area contributed by atoms with Crippen LogP contribution >= 0.6 is 7.67 Å². The summed E-state index contributed by atoms with van der Waals surface area (Å²) >= 11 is 0. The highest BCUT2D eigenvalue weighted by molar-refractivity contribution is 7.54. The lowest BCUT2D eigenvalue weighted by molar-refractivity contribution is -0.385. The predicted octanol–water partition coefficient (Wildman–Crippen LogP) is 3.30. The van der Waals surface area contributed by atoms with Gasteiger partial charge in [0.25, 0.3) is 0 Å². The van der Waals surface area contributed by atoms with Crippen LogP contribution in [-0.2, 0) is 9.09 Å². The molecule has 0 spiro atoms.